The molecule has 6 heteroatoms. The third-order valence-corrected chi connectivity index (χ3v) is 5.25. The van der Waals surface area contributed by atoms with E-state index in [4.69, 9.17) is 0 Å². The van der Waals surface area contributed by atoms with Gasteiger partial charge in [-0.25, -0.2) is 4.39 Å². The zero-order valence-corrected chi connectivity index (χ0v) is 14.3. The van der Waals surface area contributed by atoms with E-state index < -0.39 is 0 Å². The van der Waals surface area contributed by atoms with Crippen LogP contribution in [0.3, 0.4) is 0 Å². The second-order valence-corrected chi connectivity index (χ2v) is 6.99. The maximum absolute atomic E-state index is 13.4. The topological polar surface area (TPSA) is 51.0 Å². The minimum absolute atomic E-state index is 0.000379. The summed E-state index contributed by atoms with van der Waals surface area (Å²) in [5, 5.41) is 8.81. The van der Waals surface area contributed by atoms with E-state index in [1.807, 2.05) is 4.90 Å². The maximum Gasteiger partial charge on any atom is 0.227 e. The summed E-state index contributed by atoms with van der Waals surface area (Å²) in [6.07, 6.45) is 6.61. The molecule has 1 amide bonds. The number of carbonyl (C=O) groups is 1. The number of amides is 1. The Balaban J connectivity index is 1.54. The molecule has 0 bridgehead atoms. The highest BCUT2D eigenvalue weighted by atomic mass is 19.1. The molecule has 1 aromatic carbocycles. The number of hydrogen-bond donors (Lipinski definition) is 0. The first kappa shape index (κ1) is 16.2. The fourth-order valence-corrected chi connectivity index (χ4v) is 4.01. The third-order valence-electron chi connectivity index (χ3n) is 5.25. The van der Waals surface area contributed by atoms with E-state index >= 15 is 0 Å². The Morgan fingerprint density at radius 2 is 2.08 bits per heavy atom. The molecule has 0 saturated carbocycles. The Hall–Kier alpha value is -2.24. The first-order valence-corrected chi connectivity index (χ1v) is 9.18. The van der Waals surface area contributed by atoms with Crippen LogP contribution in [0, 0.1) is 5.82 Å². The van der Waals surface area contributed by atoms with Crippen molar-refractivity contribution in [2.75, 3.05) is 6.54 Å². The van der Waals surface area contributed by atoms with Crippen molar-refractivity contribution < 1.29 is 9.18 Å². The van der Waals surface area contributed by atoms with E-state index in [1.54, 1.807) is 12.1 Å². The van der Waals surface area contributed by atoms with Crippen molar-refractivity contribution in [3.8, 4) is 0 Å². The van der Waals surface area contributed by atoms with Crippen molar-refractivity contribution in [2.45, 2.75) is 57.5 Å². The van der Waals surface area contributed by atoms with Crippen LogP contribution in [0.25, 0.3) is 0 Å². The summed E-state index contributed by atoms with van der Waals surface area (Å²) in [5.74, 6) is 1.73. The normalized spacial score (nSPS) is 20.4. The lowest BCUT2D eigenvalue weighted by molar-refractivity contribution is -0.131. The van der Waals surface area contributed by atoms with Gasteiger partial charge in [0, 0.05) is 19.5 Å². The summed E-state index contributed by atoms with van der Waals surface area (Å²) in [6, 6.07) is 6.29. The molecule has 0 aliphatic carbocycles. The maximum atomic E-state index is 13.4. The number of nitrogens with zero attached hydrogens (tertiary/aromatic N) is 4. The predicted molar refractivity (Wildman–Crippen MR) is 91.4 cm³/mol. The van der Waals surface area contributed by atoms with Gasteiger partial charge in [0.25, 0.3) is 0 Å². The van der Waals surface area contributed by atoms with Crippen LogP contribution < -0.4 is 0 Å². The number of likely N-dealkylation sites (tertiary alicyclic amines) is 1. The SMILES string of the molecule is O=C(Cc1cccc(F)c1)N1CCC[C@H]1c1nnc2n1CCCCC2. The average molecular weight is 342 g/mol. The molecule has 0 spiro atoms. The minimum atomic E-state index is -0.300. The molecule has 1 fully saturated rings. The second kappa shape index (κ2) is 6.94. The van der Waals surface area contributed by atoms with Gasteiger partial charge in [-0.3, -0.25) is 4.79 Å². The molecule has 3 heterocycles. The van der Waals surface area contributed by atoms with Gasteiger partial charge in [0.15, 0.2) is 5.82 Å². The van der Waals surface area contributed by atoms with Gasteiger partial charge >= 0.3 is 0 Å². The molecule has 5 nitrogen and oxygen atoms in total. The number of hydrogen-bond acceptors (Lipinski definition) is 3. The fraction of sp³-hybridized carbons (Fsp3) is 0.526. The lowest BCUT2D eigenvalue weighted by Crippen LogP contribution is -2.33. The first-order valence-electron chi connectivity index (χ1n) is 9.18. The van der Waals surface area contributed by atoms with Gasteiger partial charge < -0.3 is 9.47 Å². The number of fused-ring (bicyclic) bond motifs is 1. The highest BCUT2D eigenvalue weighted by molar-refractivity contribution is 5.79. The molecule has 4 rings (SSSR count). The lowest BCUT2D eigenvalue weighted by Gasteiger charge is -2.25. The van der Waals surface area contributed by atoms with Crippen molar-refractivity contribution in [1.29, 1.82) is 0 Å². The monoisotopic (exact) mass is 342 g/mol. The fourth-order valence-electron chi connectivity index (χ4n) is 4.01. The summed E-state index contributed by atoms with van der Waals surface area (Å²) in [6.45, 7) is 1.68. The number of aromatic nitrogens is 3. The third kappa shape index (κ3) is 3.30. The lowest BCUT2D eigenvalue weighted by atomic mass is 10.1. The van der Waals surface area contributed by atoms with Crippen LogP contribution in [-0.2, 0) is 24.2 Å². The molecular formula is C19H23FN4O. The number of halogens is 1. The van der Waals surface area contributed by atoms with Gasteiger partial charge in [-0.05, 0) is 43.4 Å². The van der Waals surface area contributed by atoms with E-state index in [2.05, 4.69) is 14.8 Å². The van der Waals surface area contributed by atoms with Gasteiger partial charge in [0.05, 0.1) is 12.5 Å². The Morgan fingerprint density at radius 3 is 2.96 bits per heavy atom. The summed E-state index contributed by atoms with van der Waals surface area (Å²) in [5.41, 5.74) is 0.718. The van der Waals surface area contributed by atoms with E-state index in [-0.39, 0.29) is 24.2 Å². The summed E-state index contributed by atoms with van der Waals surface area (Å²) >= 11 is 0. The van der Waals surface area contributed by atoms with Gasteiger partial charge in [0.1, 0.15) is 11.6 Å². The first-order chi connectivity index (χ1) is 12.2. The van der Waals surface area contributed by atoms with Gasteiger partial charge in [-0.15, -0.1) is 10.2 Å². The number of rotatable bonds is 3. The molecule has 0 unspecified atom stereocenters. The Morgan fingerprint density at radius 1 is 1.16 bits per heavy atom. The van der Waals surface area contributed by atoms with Crippen LogP contribution in [0.4, 0.5) is 4.39 Å². The average Bonchev–Trinajstić information content (AvgIpc) is 3.16. The van der Waals surface area contributed by atoms with Crippen LogP contribution in [0.15, 0.2) is 24.3 Å². The van der Waals surface area contributed by atoms with Crippen LogP contribution in [0.5, 0.6) is 0 Å². The van der Waals surface area contributed by atoms with Gasteiger partial charge in [0.2, 0.25) is 5.91 Å². The number of carbonyl (C=O) groups excluding carboxylic acids is 1. The molecule has 0 radical (unpaired) electrons. The molecule has 2 aliphatic heterocycles. The van der Waals surface area contributed by atoms with E-state index in [0.717, 1.165) is 62.4 Å². The molecule has 2 aliphatic rings. The predicted octanol–water partition coefficient (Wildman–Crippen LogP) is 3.05. The van der Waals surface area contributed by atoms with Crippen LogP contribution in [0.2, 0.25) is 0 Å². The molecular weight excluding hydrogens is 319 g/mol. The molecule has 2 aromatic rings. The van der Waals surface area contributed by atoms with E-state index in [9.17, 15) is 9.18 Å². The Kier molecular flexibility index (Phi) is 4.51. The van der Waals surface area contributed by atoms with Crippen LogP contribution >= 0.6 is 0 Å². The quantitative estimate of drug-likeness (QED) is 0.861. The van der Waals surface area contributed by atoms with E-state index in [0.29, 0.717) is 0 Å². The molecule has 132 valence electrons. The van der Waals surface area contributed by atoms with Gasteiger partial charge in [-0.1, -0.05) is 18.6 Å². The zero-order chi connectivity index (χ0) is 17.2. The second-order valence-electron chi connectivity index (χ2n) is 6.99. The Labute approximate surface area is 146 Å². The molecule has 0 N–H and O–H groups in total. The van der Waals surface area contributed by atoms with Crippen LogP contribution in [0.1, 0.15) is 55.4 Å². The largest absolute Gasteiger partial charge is 0.332 e. The van der Waals surface area contributed by atoms with Crippen molar-refractivity contribution in [1.82, 2.24) is 19.7 Å². The van der Waals surface area contributed by atoms with Crippen molar-refractivity contribution in [2.24, 2.45) is 0 Å². The zero-order valence-electron chi connectivity index (χ0n) is 14.3. The number of aryl methyl sites for hydroxylation is 1. The summed E-state index contributed by atoms with van der Waals surface area (Å²) in [7, 11) is 0. The summed E-state index contributed by atoms with van der Waals surface area (Å²) < 4.78 is 15.6. The highest BCUT2D eigenvalue weighted by Gasteiger charge is 2.34. The van der Waals surface area contributed by atoms with Crippen molar-refractivity contribution >= 4 is 5.91 Å². The smallest absolute Gasteiger partial charge is 0.227 e. The number of benzene rings is 1. The van der Waals surface area contributed by atoms with Gasteiger partial charge in [-0.2, -0.15) is 0 Å². The molecule has 25 heavy (non-hydrogen) atoms. The van der Waals surface area contributed by atoms with Crippen LogP contribution in [-0.4, -0.2) is 32.1 Å². The molecule has 1 atom stereocenters. The highest BCUT2D eigenvalue weighted by Crippen LogP contribution is 2.32. The minimum Gasteiger partial charge on any atom is -0.332 e. The van der Waals surface area contributed by atoms with Crippen molar-refractivity contribution in [3.63, 3.8) is 0 Å². The standard InChI is InChI=1S/C19H23FN4O/c20-15-7-4-6-14(12-15)13-18(25)23-11-5-8-16(23)19-22-21-17-9-2-1-3-10-24(17)19/h4,6-7,12,16H,1-3,5,8-11,13H2/t16-/m0/s1. The Bertz CT molecular complexity index is 773. The van der Waals surface area contributed by atoms with E-state index in [1.165, 1.54) is 18.6 Å². The molecule has 1 saturated heterocycles. The summed E-state index contributed by atoms with van der Waals surface area (Å²) in [4.78, 5) is 14.7. The molecule has 1 aromatic heterocycles. The van der Waals surface area contributed by atoms with Crippen molar-refractivity contribution in [3.05, 3.63) is 47.3 Å².